The van der Waals surface area contributed by atoms with E-state index in [-0.39, 0.29) is 23.3 Å². The lowest BCUT2D eigenvalue weighted by Crippen LogP contribution is -2.41. The van der Waals surface area contributed by atoms with Crippen LogP contribution in [0.5, 0.6) is 0 Å². The van der Waals surface area contributed by atoms with Gasteiger partial charge in [0.25, 0.3) is 5.56 Å². The van der Waals surface area contributed by atoms with Crippen LogP contribution >= 0.6 is 11.3 Å². The second kappa shape index (κ2) is 8.36. The average molecular weight is 463 g/mol. The second-order valence-corrected chi connectivity index (χ2v) is 10.4. The van der Waals surface area contributed by atoms with Gasteiger partial charge in [0.1, 0.15) is 11.5 Å². The van der Waals surface area contributed by atoms with Gasteiger partial charge < -0.3 is 5.32 Å². The topological polar surface area (TPSA) is 130 Å². The van der Waals surface area contributed by atoms with Crippen LogP contribution in [0.15, 0.2) is 34.4 Å². The summed E-state index contributed by atoms with van der Waals surface area (Å²) in [5.41, 5.74) is 0.847. The Labute approximate surface area is 183 Å². The number of aromatic amines is 1. The van der Waals surface area contributed by atoms with Gasteiger partial charge in [-0.1, -0.05) is 6.07 Å². The zero-order chi connectivity index (χ0) is 22.2. The van der Waals surface area contributed by atoms with E-state index < -0.39 is 10.0 Å². The molecule has 2 N–H and O–H groups in total. The van der Waals surface area contributed by atoms with Crippen molar-refractivity contribution in [3.05, 3.63) is 45.7 Å². The SMILES string of the molecule is Cc1cc(=O)[nH]c(-n2nc(-c3cccs3)cc2NC(=O)C2CCN(S(C)(=O)=O)CC2)n1. The third-order valence-corrected chi connectivity index (χ3v) is 7.28. The van der Waals surface area contributed by atoms with E-state index in [0.29, 0.717) is 43.1 Å². The molecule has 0 saturated carbocycles. The molecule has 12 heteroatoms. The summed E-state index contributed by atoms with van der Waals surface area (Å²) >= 11 is 1.51. The Morgan fingerprint density at radius 3 is 2.65 bits per heavy atom. The first-order valence-corrected chi connectivity index (χ1v) is 12.4. The Morgan fingerprint density at radius 2 is 2.03 bits per heavy atom. The maximum Gasteiger partial charge on any atom is 0.252 e. The molecule has 0 radical (unpaired) electrons. The minimum absolute atomic E-state index is 0.204. The maximum absolute atomic E-state index is 12.9. The predicted octanol–water partition coefficient (Wildman–Crippen LogP) is 1.60. The van der Waals surface area contributed by atoms with E-state index in [9.17, 15) is 18.0 Å². The summed E-state index contributed by atoms with van der Waals surface area (Å²) in [6.07, 6.45) is 2.04. The minimum Gasteiger partial charge on any atom is -0.310 e. The fourth-order valence-corrected chi connectivity index (χ4v) is 5.07. The highest BCUT2D eigenvalue weighted by atomic mass is 32.2. The number of hydrogen-bond acceptors (Lipinski definition) is 7. The number of piperidine rings is 1. The molecular weight excluding hydrogens is 440 g/mol. The van der Waals surface area contributed by atoms with Gasteiger partial charge in [0.05, 0.1) is 11.1 Å². The fourth-order valence-electron chi connectivity index (χ4n) is 3.52. The van der Waals surface area contributed by atoms with Crippen LogP contribution in [0.2, 0.25) is 0 Å². The van der Waals surface area contributed by atoms with Crippen molar-refractivity contribution >= 4 is 33.1 Å². The number of aryl methyl sites for hydroxylation is 1. The molecule has 1 saturated heterocycles. The van der Waals surface area contributed by atoms with E-state index in [4.69, 9.17) is 0 Å². The number of H-pyrrole nitrogens is 1. The summed E-state index contributed by atoms with van der Waals surface area (Å²) in [4.78, 5) is 32.8. The monoisotopic (exact) mass is 462 g/mol. The van der Waals surface area contributed by atoms with E-state index in [1.807, 2.05) is 17.5 Å². The van der Waals surface area contributed by atoms with Gasteiger partial charge in [-0.2, -0.15) is 9.78 Å². The number of hydrogen-bond donors (Lipinski definition) is 2. The summed E-state index contributed by atoms with van der Waals surface area (Å²) in [5.74, 6) is 0.0424. The van der Waals surface area contributed by atoms with Crippen LogP contribution < -0.4 is 10.9 Å². The Balaban J connectivity index is 1.61. The number of sulfonamides is 1. The first-order chi connectivity index (χ1) is 14.7. The summed E-state index contributed by atoms with van der Waals surface area (Å²) in [7, 11) is -3.26. The highest BCUT2D eigenvalue weighted by Gasteiger charge is 2.29. The van der Waals surface area contributed by atoms with Gasteiger partial charge in [-0.25, -0.2) is 17.7 Å². The number of aromatic nitrogens is 4. The highest BCUT2D eigenvalue weighted by Crippen LogP contribution is 2.28. The van der Waals surface area contributed by atoms with Crippen LogP contribution in [0.25, 0.3) is 16.5 Å². The van der Waals surface area contributed by atoms with Crippen LogP contribution in [0, 0.1) is 12.8 Å². The minimum atomic E-state index is -3.26. The lowest BCUT2D eigenvalue weighted by atomic mass is 9.97. The smallest absolute Gasteiger partial charge is 0.252 e. The van der Waals surface area contributed by atoms with E-state index in [1.165, 1.54) is 32.6 Å². The van der Waals surface area contributed by atoms with Crippen molar-refractivity contribution in [1.29, 1.82) is 0 Å². The van der Waals surface area contributed by atoms with Gasteiger partial charge in [-0.05, 0) is 31.2 Å². The molecule has 1 amide bonds. The van der Waals surface area contributed by atoms with Crippen molar-refractivity contribution in [2.75, 3.05) is 24.7 Å². The van der Waals surface area contributed by atoms with Gasteiger partial charge in [0.2, 0.25) is 21.9 Å². The molecule has 0 atom stereocenters. The molecule has 31 heavy (non-hydrogen) atoms. The lowest BCUT2D eigenvalue weighted by Gasteiger charge is -2.29. The normalized spacial score (nSPS) is 15.8. The fraction of sp³-hybridized carbons (Fsp3) is 0.368. The van der Waals surface area contributed by atoms with Crippen molar-refractivity contribution in [2.24, 2.45) is 5.92 Å². The first kappa shape index (κ1) is 21.4. The molecule has 0 bridgehead atoms. The standard InChI is InChI=1S/C19H22N6O4S2/c1-12-10-17(26)22-19(20-12)25-16(11-14(23-25)15-4-3-9-30-15)21-18(27)13-5-7-24(8-6-13)31(2,28)29/h3-4,9-11,13H,5-8H2,1-2H3,(H,21,27)(H,20,22,26). The molecule has 0 unspecified atom stereocenters. The van der Waals surface area contributed by atoms with E-state index >= 15 is 0 Å². The number of carbonyl (C=O) groups excluding carboxylic acids is 1. The summed E-state index contributed by atoms with van der Waals surface area (Å²) in [5, 5.41) is 9.36. The van der Waals surface area contributed by atoms with E-state index in [2.05, 4.69) is 20.4 Å². The average Bonchev–Trinajstić information content (AvgIpc) is 3.36. The molecular formula is C19H22N6O4S2. The van der Waals surface area contributed by atoms with E-state index in [0.717, 1.165) is 4.88 Å². The predicted molar refractivity (Wildman–Crippen MR) is 118 cm³/mol. The zero-order valence-corrected chi connectivity index (χ0v) is 18.7. The molecule has 1 fully saturated rings. The molecule has 4 rings (SSSR count). The number of amides is 1. The molecule has 1 aliphatic rings. The Hall–Kier alpha value is -2.83. The van der Waals surface area contributed by atoms with Gasteiger partial charge in [-0.3, -0.25) is 14.6 Å². The summed E-state index contributed by atoms with van der Waals surface area (Å²) < 4.78 is 26.2. The number of rotatable bonds is 5. The molecule has 0 aromatic carbocycles. The first-order valence-electron chi connectivity index (χ1n) is 9.69. The van der Waals surface area contributed by atoms with Crippen LogP contribution in [0.1, 0.15) is 18.5 Å². The lowest BCUT2D eigenvalue weighted by molar-refractivity contribution is -0.120. The molecule has 4 heterocycles. The van der Waals surface area contributed by atoms with Crippen LogP contribution in [-0.4, -0.2) is 57.7 Å². The van der Waals surface area contributed by atoms with Crippen LogP contribution in [0.3, 0.4) is 0 Å². The Bertz CT molecular complexity index is 1250. The molecule has 0 spiro atoms. The van der Waals surface area contributed by atoms with Crippen molar-refractivity contribution in [1.82, 2.24) is 24.1 Å². The maximum atomic E-state index is 12.9. The van der Waals surface area contributed by atoms with Gasteiger partial charge in [0.15, 0.2) is 0 Å². The highest BCUT2D eigenvalue weighted by molar-refractivity contribution is 7.88. The third kappa shape index (κ3) is 4.75. The molecule has 1 aliphatic heterocycles. The number of thiophene rings is 1. The van der Waals surface area contributed by atoms with Crippen molar-refractivity contribution < 1.29 is 13.2 Å². The largest absolute Gasteiger partial charge is 0.310 e. The second-order valence-electron chi connectivity index (χ2n) is 7.44. The molecule has 3 aromatic rings. The number of nitrogens with one attached hydrogen (secondary N) is 2. The van der Waals surface area contributed by atoms with Crippen molar-refractivity contribution in [2.45, 2.75) is 19.8 Å². The quantitative estimate of drug-likeness (QED) is 0.592. The summed E-state index contributed by atoms with van der Waals surface area (Å²) in [6, 6.07) is 6.93. The van der Waals surface area contributed by atoms with Gasteiger partial charge >= 0.3 is 0 Å². The third-order valence-electron chi connectivity index (χ3n) is 5.09. The number of nitrogens with zero attached hydrogens (tertiary/aromatic N) is 4. The van der Waals surface area contributed by atoms with Crippen molar-refractivity contribution in [3.63, 3.8) is 0 Å². The van der Waals surface area contributed by atoms with E-state index in [1.54, 1.807) is 13.0 Å². The van der Waals surface area contributed by atoms with Gasteiger partial charge in [0, 0.05) is 36.8 Å². The van der Waals surface area contributed by atoms with Gasteiger partial charge in [-0.15, -0.1) is 11.3 Å². The van der Waals surface area contributed by atoms with Crippen LogP contribution in [-0.2, 0) is 14.8 Å². The molecule has 10 nitrogen and oxygen atoms in total. The Kier molecular flexibility index (Phi) is 5.77. The number of anilines is 1. The number of carbonyl (C=O) groups is 1. The Morgan fingerprint density at radius 1 is 1.29 bits per heavy atom. The molecule has 3 aromatic heterocycles. The molecule has 164 valence electrons. The molecule has 0 aliphatic carbocycles. The zero-order valence-electron chi connectivity index (χ0n) is 17.0. The van der Waals surface area contributed by atoms with Crippen molar-refractivity contribution in [3.8, 4) is 16.5 Å². The summed E-state index contributed by atoms with van der Waals surface area (Å²) in [6.45, 7) is 2.32. The van der Waals surface area contributed by atoms with Crippen LogP contribution in [0.4, 0.5) is 5.82 Å².